The van der Waals surface area contributed by atoms with Crippen LogP contribution in [0.2, 0.25) is 0 Å². The minimum Gasteiger partial charge on any atom is -0.391 e. The summed E-state index contributed by atoms with van der Waals surface area (Å²) in [5.41, 5.74) is 0.571. The zero-order valence-corrected chi connectivity index (χ0v) is 12.3. The van der Waals surface area contributed by atoms with E-state index in [-0.39, 0.29) is 11.3 Å². The van der Waals surface area contributed by atoms with Crippen LogP contribution in [0.3, 0.4) is 0 Å². The number of likely N-dealkylation sites (tertiary alicyclic amines) is 1. The maximum Gasteiger partial charge on any atom is 0.253 e. The number of hydrogen-bond acceptors (Lipinski definition) is 2. The molecule has 1 aliphatic heterocycles. The number of β-amino-alcohol motifs (C(OH)–C–C–N with tert-alkyl or cyclic N) is 1. The summed E-state index contributed by atoms with van der Waals surface area (Å²) in [4.78, 5) is 14.0. The van der Waals surface area contributed by atoms with E-state index in [2.05, 4.69) is 15.9 Å². The van der Waals surface area contributed by atoms with Crippen LogP contribution in [-0.4, -0.2) is 35.1 Å². The first kappa shape index (κ1) is 13.6. The molecule has 3 nitrogen and oxygen atoms in total. The zero-order chi connectivity index (χ0) is 13.3. The fourth-order valence-corrected chi connectivity index (χ4v) is 2.36. The highest BCUT2D eigenvalue weighted by molar-refractivity contribution is 9.10. The Morgan fingerprint density at radius 2 is 2.00 bits per heavy atom. The first-order valence-electron chi connectivity index (χ1n) is 6.13. The smallest absolute Gasteiger partial charge is 0.253 e. The molecule has 0 aliphatic carbocycles. The molecule has 1 amide bonds. The second kappa shape index (κ2) is 5.02. The fraction of sp³-hybridized carbons (Fsp3) is 0.500. The second-order valence-corrected chi connectivity index (χ2v) is 6.43. The summed E-state index contributed by atoms with van der Waals surface area (Å²) in [6.07, 6.45) is 0.377. The number of hydrogen-bond donors (Lipinski definition) is 1. The van der Waals surface area contributed by atoms with E-state index in [1.807, 2.05) is 26.0 Å². The first-order chi connectivity index (χ1) is 8.40. The molecule has 1 aromatic rings. The molecule has 0 radical (unpaired) electrons. The van der Waals surface area contributed by atoms with Crippen LogP contribution in [0.1, 0.15) is 30.6 Å². The van der Waals surface area contributed by atoms with E-state index in [0.29, 0.717) is 18.7 Å². The van der Waals surface area contributed by atoms with Crippen LogP contribution >= 0.6 is 15.9 Å². The molecule has 2 rings (SSSR count). The van der Waals surface area contributed by atoms with Crippen molar-refractivity contribution in [2.24, 2.45) is 5.41 Å². The summed E-state index contributed by atoms with van der Waals surface area (Å²) in [7, 11) is 0. The Morgan fingerprint density at radius 1 is 1.39 bits per heavy atom. The third-order valence-corrected chi connectivity index (χ3v) is 4.23. The number of nitrogens with zero attached hydrogens (tertiary/aromatic N) is 1. The van der Waals surface area contributed by atoms with Gasteiger partial charge in [0.1, 0.15) is 0 Å². The number of benzene rings is 1. The molecular formula is C14H18BrNO2. The quantitative estimate of drug-likeness (QED) is 0.866. The number of aliphatic hydroxyl groups is 1. The lowest BCUT2D eigenvalue weighted by molar-refractivity contribution is -0.0190. The van der Waals surface area contributed by atoms with Crippen LogP contribution in [0.5, 0.6) is 0 Å². The molecular weight excluding hydrogens is 294 g/mol. The highest BCUT2D eigenvalue weighted by atomic mass is 79.9. The number of halogens is 1. The maximum atomic E-state index is 12.3. The Hall–Kier alpha value is -0.870. The Labute approximate surface area is 116 Å². The normalized spacial score (nSPS) is 22.9. The Bertz CT molecular complexity index is 442. The van der Waals surface area contributed by atoms with Crippen LogP contribution in [0.4, 0.5) is 0 Å². The van der Waals surface area contributed by atoms with Crippen molar-refractivity contribution in [3.63, 3.8) is 0 Å². The average Bonchev–Trinajstić information content (AvgIpc) is 2.33. The monoisotopic (exact) mass is 311 g/mol. The molecule has 1 aromatic carbocycles. The molecule has 18 heavy (non-hydrogen) atoms. The van der Waals surface area contributed by atoms with Gasteiger partial charge in [-0.1, -0.05) is 29.8 Å². The predicted octanol–water partition coefficient (Wildman–Crippen LogP) is 2.68. The van der Waals surface area contributed by atoms with Crippen molar-refractivity contribution in [2.45, 2.75) is 26.4 Å². The topological polar surface area (TPSA) is 40.5 Å². The SMILES string of the molecule is CC1(C)CCN(C(=O)c2ccc(Br)cc2)CC1O. The van der Waals surface area contributed by atoms with E-state index in [0.717, 1.165) is 10.9 Å². The standard InChI is InChI=1S/C14H18BrNO2/c1-14(2)7-8-16(9-12(14)17)13(18)10-3-5-11(15)6-4-10/h3-6,12,17H,7-9H2,1-2H3. The van der Waals surface area contributed by atoms with Gasteiger partial charge in [0.25, 0.3) is 5.91 Å². The summed E-state index contributed by atoms with van der Waals surface area (Å²) < 4.78 is 0.957. The van der Waals surface area contributed by atoms with Gasteiger partial charge in [-0.3, -0.25) is 4.79 Å². The van der Waals surface area contributed by atoms with Gasteiger partial charge in [-0.2, -0.15) is 0 Å². The summed E-state index contributed by atoms with van der Waals surface area (Å²) in [5.74, 6) is -0.00273. The van der Waals surface area contributed by atoms with E-state index in [1.54, 1.807) is 17.0 Å². The minimum absolute atomic E-state index is 0.00273. The highest BCUT2D eigenvalue weighted by Crippen LogP contribution is 2.30. The van der Waals surface area contributed by atoms with Gasteiger partial charge in [0.15, 0.2) is 0 Å². The number of aliphatic hydroxyl groups excluding tert-OH is 1. The minimum atomic E-state index is -0.453. The first-order valence-corrected chi connectivity index (χ1v) is 6.92. The molecule has 98 valence electrons. The van der Waals surface area contributed by atoms with Crippen LogP contribution in [-0.2, 0) is 0 Å². The summed E-state index contributed by atoms with van der Waals surface area (Å²) in [6, 6.07) is 7.33. The molecule has 4 heteroatoms. The number of rotatable bonds is 1. The lowest BCUT2D eigenvalue weighted by Crippen LogP contribution is -2.50. The highest BCUT2D eigenvalue weighted by Gasteiger charge is 2.35. The van der Waals surface area contributed by atoms with Crippen LogP contribution in [0, 0.1) is 5.41 Å². The van der Waals surface area contributed by atoms with Gasteiger partial charge in [-0.05, 0) is 36.1 Å². The van der Waals surface area contributed by atoms with Gasteiger partial charge in [0.05, 0.1) is 6.10 Å². The molecule has 0 spiro atoms. The van der Waals surface area contributed by atoms with Crippen molar-refractivity contribution < 1.29 is 9.90 Å². The average molecular weight is 312 g/mol. The van der Waals surface area contributed by atoms with Gasteiger partial charge >= 0.3 is 0 Å². The zero-order valence-electron chi connectivity index (χ0n) is 10.7. The van der Waals surface area contributed by atoms with Crippen molar-refractivity contribution >= 4 is 21.8 Å². The lowest BCUT2D eigenvalue weighted by Gasteiger charge is -2.41. The molecule has 0 aromatic heterocycles. The van der Waals surface area contributed by atoms with Crippen molar-refractivity contribution in [2.75, 3.05) is 13.1 Å². The molecule has 1 aliphatic rings. The van der Waals surface area contributed by atoms with Crippen molar-refractivity contribution in [1.29, 1.82) is 0 Å². The molecule has 1 saturated heterocycles. The summed E-state index contributed by atoms with van der Waals surface area (Å²) >= 11 is 3.35. The van der Waals surface area contributed by atoms with E-state index < -0.39 is 6.10 Å². The number of amides is 1. The van der Waals surface area contributed by atoms with Crippen LogP contribution in [0.25, 0.3) is 0 Å². The molecule has 0 bridgehead atoms. The molecule has 1 N–H and O–H groups in total. The van der Waals surface area contributed by atoms with Crippen molar-refractivity contribution in [3.05, 3.63) is 34.3 Å². The number of carbonyl (C=O) groups is 1. The summed E-state index contributed by atoms with van der Waals surface area (Å²) in [5, 5.41) is 10.0. The third-order valence-electron chi connectivity index (χ3n) is 3.70. The van der Waals surface area contributed by atoms with Crippen LogP contribution < -0.4 is 0 Å². The molecule has 1 heterocycles. The molecule has 1 atom stereocenters. The third kappa shape index (κ3) is 2.75. The van der Waals surface area contributed by atoms with E-state index in [1.165, 1.54) is 0 Å². The Morgan fingerprint density at radius 3 is 2.56 bits per heavy atom. The summed E-state index contributed by atoms with van der Waals surface area (Å²) in [6.45, 7) is 5.21. The number of carbonyl (C=O) groups excluding carboxylic acids is 1. The predicted molar refractivity (Wildman–Crippen MR) is 74.5 cm³/mol. The Balaban J connectivity index is 2.09. The molecule has 1 unspecified atom stereocenters. The lowest BCUT2D eigenvalue weighted by atomic mass is 9.80. The van der Waals surface area contributed by atoms with E-state index in [9.17, 15) is 9.90 Å². The van der Waals surface area contributed by atoms with Gasteiger partial charge in [-0.25, -0.2) is 0 Å². The van der Waals surface area contributed by atoms with Gasteiger partial charge in [-0.15, -0.1) is 0 Å². The van der Waals surface area contributed by atoms with Crippen molar-refractivity contribution in [1.82, 2.24) is 4.90 Å². The van der Waals surface area contributed by atoms with E-state index in [4.69, 9.17) is 0 Å². The Kier molecular flexibility index (Phi) is 3.78. The van der Waals surface area contributed by atoms with Crippen LogP contribution in [0.15, 0.2) is 28.7 Å². The van der Waals surface area contributed by atoms with E-state index >= 15 is 0 Å². The number of piperidine rings is 1. The molecule has 1 fully saturated rings. The van der Waals surface area contributed by atoms with Gasteiger partial charge in [0, 0.05) is 23.1 Å². The maximum absolute atomic E-state index is 12.3. The second-order valence-electron chi connectivity index (χ2n) is 5.51. The van der Waals surface area contributed by atoms with Gasteiger partial charge < -0.3 is 10.0 Å². The molecule has 0 saturated carbocycles. The largest absolute Gasteiger partial charge is 0.391 e. The fourth-order valence-electron chi connectivity index (χ4n) is 2.10. The van der Waals surface area contributed by atoms with Crippen molar-refractivity contribution in [3.8, 4) is 0 Å². The van der Waals surface area contributed by atoms with Gasteiger partial charge in [0.2, 0.25) is 0 Å².